The largest absolute Gasteiger partial charge is 0.497 e. The highest BCUT2D eigenvalue weighted by Gasteiger charge is 2.12. The fourth-order valence-corrected chi connectivity index (χ4v) is 1.57. The molecule has 1 rings (SSSR count). The second-order valence-electron chi connectivity index (χ2n) is 4.22. The number of ether oxygens (including phenoxy) is 2. The molecular formula is C14H21NO4. The number of rotatable bonds is 7. The molecule has 19 heavy (non-hydrogen) atoms. The second kappa shape index (κ2) is 7.63. The van der Waals surface area contributed by atoms with Crippen LogP contribution in [0.2, 0.25) is 0 Å². The molecule has 0 aromatic heterocycles. The maximum atomic E-state index is 11.5. The maximum absolute atomic E-state index is 11.5. The Kier molecular flexibility index (Phi) is 6.15. The minimum atomic E-state index is -0.667. The van der Waals surface area contributed by atoms with E-state index in [2.05, 4.69) is 5.32 Å². The molecule has 0 saturated carbocycles. The van der Waals surface area contributed by atoms with E-state index in [9.17, 15) is 9.90 Å². The van der Waals surface area contributed by atoms with E-state index >= 15 is 0 Å². The first-order chi connectivity index (χ1) is 9.08. The fourth-order valence-electron chi connectivity index (χ4n) is 1.57. The average molecular weight is 267 g/mol. The van der Waals surface area contributed by atoms with Crippen LogP contribution in [0.25, 0.3) is 0 Å². The second-order valence-corrected chi connectivity index (χ2v) is 4.22. The van der Waals surface area contributed by atoms with Crippen molar-refractivity contribution in [2.75, 3.05) is 20.3 Å². The number of aliphatic hydroxyl groups is 1. The lowest BCUT2D eigenvalue weighted by molar-refractivity contribution is -0.123. The third-order valence-electron chi connectivity index (χ3n) is 2.60. The molecule has 5 heteroatoms. The maximum Gasteiger partial charge on any atom is 0.257 e. The van der Waals surface area contributed by atoms with E-state index in [0.29, 0.717) is 23.6 Å². The predicted molar refractivity (Wildman–Crippen MR) is 72.4 cm³/mol. The van der Waals surface area contributed by atoms with Crippen molar-refractivity contribution in [3.8, 4) is 11.5 Å². The summed E-state index contributed by atoms with van der Waals surface area (Å²) in [6, 6.07) is 5.13. The summed E-state index contributed by atoms with van der Waals surface area (Å²) in [4.78, 5) is 11.5. The summed E-state index contributed by atoms with van der Waals surface area (Å²) in [6.45, 7) is 4.18. The molecule has 0 bridgehead atoms. The zero-order valence-corrected chi connectivity index (χ0v) is 11.6. The number of carbonyl (C=O) groups is 1. The SMILES string of the molecule is CCCNC(=O)COc1cc(OC)ccc1C(C)O. The molecule has 106 valence electrons. The molecule has 0 aliphatic carbocycles. The fraction of sp³-hybridized carbons (Fsp3) is 0.500. The number of amides is 1. The lowest BCUT2D eigenvalue weighted by atomic mass is 10.1. The summed E-state index contributed by atoms with van der Waals surface area (Å²) in [6.07, 6.45) is 0.212. The summed E-state index contributed by atoms with van der Waals surface area (Å²) in [5.41, 5.74) is 0.629. The standard InChI is InChI=1S/C14H21NO4/c1-4-7-15-14(17)9-19-13-8-11(18-3)5-6-12(13)10(2)16/h5-6,8,10,16H,4,7,9H2,1-3H3,(H,15,17). The van der Waals surface area contributed by atoms with Crippen molar-refractivity contribution in [2.45, 2.75) is 26.4 Å². The first-order valence-electron chi connectivity index (χ1n) is 6.34. The molecule has 5 nitrogen and oxygen atoms in total. The van der Waals surface area contributed by atoms with Crippen LogP contribution in [0.5, 0.6) is 11.5 Å². The van der Waals surface area contributed by atoms with Crippen molar-refractivity contribution in [1.82, 2.24) is 5.32 Å². The van der Waals surface area contributed by atoms with Gasteiger partial charge in [0, 0.05) is 18.2 Å². The number of methoxy groups -OCH3 is 1. The smallest absolute Gasteiger partial charge is 0.257 e. The summed E-state index contributed by atoms with van der Waals surface area (Å²) in [7, 11) is 1.55. The topological polar surface area (TPSA) is 67.8 Å². The van der Waals surface area contributed by atoms with Gasteiger partial charge in [-0.05, 0) is 25.5 Å². The number of hydrogen-bond acceptors (Lipinski definition) is 4. The van der Waals surface area contributed by atoms with Gasteiger partial charge in [-0.25, -0.2) is 0 Å². The van der Waals surface area contributed by atoms with Gasteiger partial charge >= 0.3 is 0 Å². The highest BCUT2D eigenvalue weighted by Crippen LogP contribution is 2.29. The summed E-state index contributed by atoms with van der Waals surface area (Å²) < 4.78 is 10.5. The molecule has 1 atom stereocenters. The molecular weight excluding hydrogens is 246 g/mol. The highest BCUT2D eigenvalue weighted by atomic mass is 16.5. The molecule has 2 N–H and O–H groups in total. The van der Waals surface area contributed by atoms with Gasteiger partial charge in [0.1, 0.15) is 11.5 Å². The van der Waals surface area contributed by atoms with Gasteiger partial charge in [0.2, 0.25) is 0 Å². The zero-order valence-electron chi connectivity index (χ0n) is 11.6. The molecule has 0 radical (unpaired) electrons. The Morgan fingerprint density at radius 2 is 2.21 bits per heavy atom. The number of carbonyl (C=O) groups excluding carboxylic acids is 1. The molecule has 1 aromatic carbocycles. The molecule has 0 fully saturated rings. The Hall–Kier alpha value is -1.75. The number of aliphatic hydroxyl groups excluding tert-OH is 1. The Bertz CT molecular complexity index is 418. The van der Waals surface area contributed by atoms with E-state index in [0.717, 1.165) is 6.42 Å². The quantitative estimate of drug-likeness (QED) is 0.788. The Morgan fingerprint density at radius 3 is 2.79 bits per heavy atom. The van der Waals surface area contributed by atoms with Gasteiger partial charge < -0.3 is 19.9 Å². The van der Waals surface area contributed by atoms with E-state index < -0.39 is 6.10 Å². The third kappa shape index (κ3) is 4.79. The predicted octanol–water partition coefficient (Wildman–Crippen LogP) is 1.65. The normalized spacial score (nSPS) is 11.8. The van der Waals surface area contributed by atoms with Crippen molar-refractivity contribution < 1.29 is 19.4 Å². The van der Waals surface area contributed by atoms with E-state index in [-0.39, 0.29) is 12.5 Å². The van der Waals surface area contributed by atoms with E-state index in [4.69, 9.17) is 9.47 Å². The van der Waals surface area contributed by atoms with Crippen LogP contribution in [0.3, 0.4) is 0 Å². The number of hydrogen-bond donors (Lipinski definition) is 2. The molecule has 1 unspecified atom stereocenters. The molecule has 0 heterocycles. The van der Waals surface area contributed by atoms with Crippen LogP contribution in [0.4, 0.5) is 0 Å². The highest BCUT2D eigenvalue weighted by molar-refractivity contribution is 5.77. The Morgan fingerprint density at radius 1 is 1.47 bits per heavy atom. The first-order valence-corrected chi connectivity index (χ1v) is 6.34. The van der Waals surface area contributed by atoms with Crippen LogP contribution in [0.15, 0.2) is 18.2 Å². The van der Waals surface area contributed by atoms with Crippen molar-refractivity contribution >= 4 is 5.91 Å². The van der Waals surface area contributed by atoms with E-state index in [1.165, 1.54) is 0 Å². The lowest BCUT2D eigenvalue weighted by Crippen LogP contribution is -2.29. The van der Waals surface area contributed by atoms with Crippen LogP contribution in [-0.2, 0) is 4.79 Å². The van der Waals surface area contributed by atoms with Gasteiger partial charge in [-0.2, -0.15) is 0 Å². The molecule has 1 aromatic rings. The molecule has 1 amide bonds. The summed E-state index contributed by atoms with van der Waals surface area (Å²) in [5.74, 6) is 0.899. The third-order valence-corrected chi connectivity index (χ3v) is 2.60. The Balaban J connectivity index is 2.72. The van der Waals surface area contributed by atoms with Gasteiger partial charge in [0.25, 0.3) is 5.91 Å². The first kappa shape index (κ1) is 15.3. The van der Waals surface area contributed by atoms with E-state index in [1.807, 2.05) is 6.92 Å². The zero-order chi connectivity index (χ0) is 14.3. The minimum Gasteiger partial charge on any atom is -0.497 e. The Labute approximate surface area is 113 Å². The van der Waals surface area contributed by atoms with Gasteiger partial charge in [0.05, 0.1) is 13.2 Å². The van der Waals surface area contributed by atoms with Crippen molar-refractivity contribution in [3.63, 3.8) is 0 Å². The van der Waals surface area contributed by atoms with Gasteiger partial charge in [0.15, 0.2) is 6.61 Å². The van der Waals surface area contributed by atoms with Crippen LogP contribution in [-0.4, -0.2) is 31.3 Å². The van der Waals surface area contributed by atoms with Crippen molar-refractivity contribution in [1.29, 1.82) is 0 Å². The minimum absolute atomic E-state index is 0.0765. The summed E-state index contributed by atoms with van der Waals surface area (Å²) in [5, 5.41) is 12.4. The number of nitrogens with one attached hydrogen (secondary N) is 1. The van der Waals surface area contributed by atoms with Crippen LogP contribution < -0.4 is 14.8 Å². The lowest BCUT2D eigenvalue weighted by Gasteiger charge is -2.14. The van der Waals surface area contributed by atoms with Crippen LogP contribution in [0.1, 0.15) is 31.9 Å². The van der Waals surface area contributed by atoms with Gasteiger partial charge in [-0.1, -0.05) is 6.92 Å². The molecule has 0 aliphatic rings. The van der Waals surface area contributed by atoms with Crippen LogP contribution >= 0.6 is 0 Å². The van der Waals surface area contributed by atoms with Crippen LogP contribution in [0, 0.1) is 0 Å². The van der Waals surface area contributed by atoms with Crippen molar-refractivity contribution in [2.24, 2.45) is 0 Å². The van der Waals surface area contributed by atoms with Gasteiger partial charge in [-0.3, -0.25) is 4.79 Å². The molecule has 0 aliphatic heterocycles. The summed E-state index contributed by atoms with van der Waals surface area (Å²) >= 11 is 0. The monoisotopic (exact) mass is 267 g/mol. The average Bonchev–Trinajstić information content (AvgIpc) is 2.42. The van der Waals surface area contributed by atoms with Gasteiger partial charge in [-0.15, -0.1) is 0 Å². The van der Waals surface area contributed by atoms with E-state index in [1.54, 1.807) is 32.2 Å². The molecule has 0 spiro atoms. The molecule has 0 saturated heterocycles. The number of benzene rings is 1. The van der Waals surface area contributed by atoms with Crippen molar-refractivity contribution in [3.05, 3.63) is 23.8 Å².